The molecule has 0 aromatic rings. The van der Waals surface area contributed by atoms with Crippen molar-refractivity contribution in [3.63, 3.8) is 0 Å². The summed E-state index contributed by atoms with van der Waals surface area (Å²) in [6, 6.07) is 0. The van der Waals surface area contributed by atoms with Gasteiger partial charge in [0.1, 0.15) is 0 Å². The molecule has 300 valence electrons. The number of likely N-dealkylation sites (N-methyl/N-ethyl adjacent to an activating group) is 4. The van der Waals surface area contributed by atoms with Crippen LogP contribution in [0.25, 0.3) is 0 Å². The lowest BCUT2D eigenvalue weighted by Crippen LogP contribution is -2.43. The number of hydrogen-bond donors (Lipinski definition) is 1. The summed E-state index contributed by atoms with van der Waals surface area (Å²) in [6.07, 6.45) is -2.02. The molecule has 1 unspecified atom stereocenters. The average molecular weight is 731 g/mol. The second kappa shape index (κ2) is 28.5. The SMILES string of the molecule is C.C.C.C.C=C(C)C(=O)OCCCC(=O)N(C)CCN(C)C(=O)C(F)(F)F.CCC(C)(CC(C)(C)C)C(=O)OCCCC(=O)N(C)CCNC. The van der Waals surface area contributed by atoms with E-state index < -0.39 is 23.5 Å². The first-order chi connectivity index (χ1) is 21.0. The van der Waals surface area contributed by atoms with Crippen LogP contribution in [0.4, 0.5) is 13.2 Å². The molecule has 1 atom stereocenters. The number of carbonyl (C=O) groups excluding carboxylic acids is 5. The lowest BCUT2D eigenvalue weighted by Gasteiger charge is -2.32. The number of rotatable bonds is 18. The molecule has 50 heavy (non-hydrogen) atoms. The van der Waals surface area contributed by atoms with E-state index in [9.17, 15) is 37.1 Å². The van der Waals surface area contributed by atoms with E-state index >= 15 is 0 Å². The summed E-state index contributed by atoms with van der Waals surface area (Å²) in [5.41, 5.74) is -0.118. The van der Waals surface area contributed by atoms with Crippen molar-refractivity contribution in [1.82, 2.24) is 20.0 Å². The van der Waals surface area contributed by atoms with Gasteiger partial charge in [0.05, 0.1) is 18.6 Å². The Hall–Kier alpha value is -3.16. The Kier molecular flexibility index (Phi) is 33.7. The molecular weight excluding hydrogens is 657 g/mol. The van der Waals surface area contributed by atoms with Crippen LogP contribution in [-0.2, 0) is 33.4 Å². The second-order valence-electron chi connectivity index (χ2n) is 12.9. The Bertz CT molecular complexity index is 1000. The second-order valence-corrected chi connectivity index (χ2v) is 12.9. The van der Waals surface area contributed by atoms with Gasteiger partial charge in [0, 0.05) is 65.7 Å². The molecule has 0 aromatic heterocycles. The first kappa shape index (κ1) is 59.0. The molecule has 0 saturated carbocycles. The molecule has 0 heterocycles. The van der Waals surface area contributed by atoms with E-state index in [1.807, 2.05) is 20.9 Å². The van der Waals surface area contributed by atoms with Gasteiger partial charge in [-0.3, -0.25) is 19.2 Å². The Morgan fingerprint density at radius 1 is 0.740 bits per heavy atom. The number of nitrogens with one attached hydrogen (secondary N) is 1. The highest BCUT2D eigenvalue weighted by atomic mass is 19.4. The Morgan fingerprint density at radius 3 is 1.54 bits per heavy atom. The van der Waals surface area contributed by atoms with Gasteiger partial charge in [-0.2, -0.15) is 13.2 Å². The van der Waals surface area contributed by atoms with Crippen LogP contribution in [-0.4, -0.2) is 118 Å². The fraction of sp³-hybridized carbons (Fsp3) is 0.806. The first-order valence-corrected chi connectivity index (χ1v) is 15.5. The molecule has 1 N–H and O–H groups in total. The number of hydrogen-bond acceptors (Lipinski definition) is 8. The molecular formula is C36H73F3N4O7. The Labute approximate surface area is 302 Å². The normalized spacial score (nSPS) is 11.5. The van der Waals surface area contributed by atoms with Gasteiger partial charge in [0.2, 0.25) is 11.8 Å². The smallest absolute Gasteiger partial charge is 0.465 e. The number of halogens is 3. The maximum atomic E-state index is 12.4. The lowest BCUT2D eigenvalue weighted by atomic mass is 9.73. The van der Waals surface area contributed by atoms with E-state index in [-0.39, 0.29) is 84.6 Å². The fourth-order valence-electron chi connectivity index (χ4n) is 4.11. The average Bonchev–Trinajstić information content (AvgIpc) is 2.96. The Morgan fingerprint density at radius 2 is 1.16 bits per heavy atom. The summed E-state index contributed by atoms with van der Waals surface area (Å²) in [6.45, 7) is 16.9. The topological polar surface area (TPSA) is 126 Å². The van der Waals surface area contributed by atoms with Gasteiger partial charge in [-0.05, 0) is 52.0 Å². The minimum atomic E-state index is -4.93. The first-order valence-electron chi connectivity index (χ1n) is 15.5. The van der Waals surface area contributed by atoms with E-state index in [2.05, 4.69) is 32.7 Å². The van der Waals surface area contributed by atoms with Crippen molar-refractivity contribution in [1.29, 1.82) is 0 Å². The summed E-state index contributed by atoms with van der Waals surface area (Å²) in [4.78, 5) is 61.5. The van der Waals surface area contributed by atoms with Gasteiger partial charge < -0.3 is 29.5 Å². The van der Waals surface area contributed by atoms with Crippen LogP contribution in [0.1, 0.15) is 110 Å². The molecule has 0 saturated heterocycles. The highest BCUT2D eigenvalue weighted by Gasteiger charge is 2.41. The highest BCUT2D eigenvalue weighted by Crippen LogP contribution is 2.37. The zero-order valence-electron chi connectivity index (χ0n) is 29.5. The molecule has 0 bridgehead atoms. The standard InChI is InChI=1S/C18H36N2O3.C14H21F3N2O4.4CH4/c1-8-18(5,14-17(2,3)4)16(22)23-13-9-10-15(21)20(7)12-11-19-6;1-10(2)12(21)23-9-5-6-11(20)18(3)7-8-19(4)13(22)14(15,16)17;;;;/h19H,8-14H2,1-7H3;1,5-9H2,2-4H3;4*1H4. The van der Waals surface area contributed by atoms with Crippen LogP contribution in [0.2, 0.25) is 0 Å². The highest BCUT2D eigenvalue weighted by molar-refractivity contribution is 5.87. The third kappa shape index (κ3) is 26.7. The molecule has 0 aliphatic rings. The van der Waals surface area contributed by atoms with Gasteiger partial charge in [-0.1, -0.05) is 64.0 Å². The summed E-state index contributed by atoms with van der Waals surface area (Å²) in [7, 11) is 6.10. The van der Waals surface area contributed by atoms with Crippen LogP contribution in [0.3, 0.4) is 0 Å². The Balaban J connectivity index is -0.000000179. The van der Waals surface area contributed by atoms with E-state index in [1.54, 1.807) is 11.9 Å². The largest absolute Gasteiger partial charge is 0.471 e. The number of carbonyl (C=O) groups is 5. The van der Waals surface area contributed by atoms with E-state index in [4.69, 9.17) is 9.47 Å². The number of ether oxygens (including phenoxy) is 2. The van der Waals surface area contributed by atoms with E-state index in [1.165, 1.54) is 18.9 Å². The van der Waals surface area contributed by atoms with Gasteiger partial charge in [0.25, 0.3) is 0 Å². The zero-order chi connectivity index (χ0) is 36.3. The quantitative estimate of drug-likeness (QED) is 0.0934. The lowest BCUT2D eigenvalue weighted by molar-refractivity contribution is -0.184. The van der Waals surface area contributed by atoms with Crippen LogP contribution >= 0.6 is 0 Å². The maximum Gasteiger partial charge on any atom is 0.471 e. The summed E-state index contributed by atoms with van der Waals surface area (Å²) < 4.78 is 46.8. The minimum Gasteiger partial charge on any atom is -0.465 e. The van der Waals surface area contributed by atoms with Crippen molar-refractivity contribution in [2.24, 2.45) is 10.8 Å². The fourth-order valence-corrected chi connectivity index (χ4v) is 4.11. The molecule has 0 aromatic carbocycles. The van der Waals surface area contributed by atoms with E-state index in [0.717, 1.165) is 26.4 Å². The maximum absolute atomic E-state index is 12.4. The molecule has 14 heteroatoms. The van der Waals surface area contributed by atoms with Crippen molar-refractivity contribution in [2.75, 3.05) is 67.6 Å². The van der Waals surface area contributed by atoms with Gasteiger partial charge in [0.15, 0.2) is 0 Å². The van der Waals surface area contributed by atoms with Crippen molar-refractivity contribution >= 4 is 29.7 Å². The number of esters is 2. The molecule has 11 nitrogen and oxygen atoms in total. The van der Waals surface area contributed by atoms with Crippen molar-refractivity contribution in [3.05, 3.63) is 12.2 Å². The monoisotopic (exact) mass is 731 g/mol. The third-order valence-electron chi connectivity index (χ3n) is 6.99. The molecule has 0 spiro atoms. The van der Waals surface area contributed by atoms with Crippen molar-refractivity contribution in [2.45, 2.75) is 116 Å². The summed E-state index contributed by atoms with van der Waals surface area (Å²) in [5.74, 6) is -2.87. The molecule has 0 aliphatic carbocycles. The van der Waals surface area contributed by atoms with Gasteiger partial charge in [-0.15, -0.1) is 0 Å². The van der Waals surface area contributed by atoms with E-state index in [0.29, 0.717) is 37.3 Å². The van der Waals surface area contributed by atoms with Crippen LogP contribution in [0.5, 0.6) is 0 Å². The minimum absolute atomic E-state index is 0. The van der Waals surface area contributed by atoms with Gasteiger partial charge in [-0.25, -0.2) is 4.79 Å². The van der Waals surface area contributed by atoms with Crippen LogP contribution < -0.4 is 5.32 Å². The van der Waals surface area contributed by atoms with Crippen molar-refractivity contribution < 1.29 is 46.6 Å². The summed E-state index contributed by atoms with van der Waals surface area (Å²) >= 11 is 0. The van der Waals surface area contributed by atoms with Gasteiger partial charge >= 0.3 is 24.0 Å². The third-order valence-corrected chi connectivity index (χ3v) is 6.99. The number of alkyl halides is 3. The summed E-state index contributed by atoms with van der Waals surface area (Å²) in [5, 5.41) is 3.01. The van der Waals surface area contributed by atoms with Crippen molar-refractivity contribution in [3.8, 4) is 0 Å². The van der Waals surface area contributed by atoms with Crippen LogP contribution in [0.15, 0.2) is 12.2 Å². The molecule has 0 rings (SSSR count). The zero-order valence-corrected chi connectivity index (χ0v) is 29.5. The predicted molar refractivity (Wildman–Crippen MR) is 197 cm³/mol. The molecule has 0 aliphatic heterocycles. The number of nitrogens with zero attached hydrogens (tertiary/aromatic N) is 3. The van der Waals surface area contributed by atoms with Crippen LogP contribution in [0, 0.1) is 10.8 Å². The predicted octanol–water partition coefficient (Wildman–Crippen LogP) is 6.75. The molecule has 0 fully saturated rings. The molecule has 3 amide bonds. The molecule has 0 radical (unpaired) electrons. The number of amides is 3.